The predicted octanol–water partition coefficient (Wildman–Crippen LogP) is 3.06. The predicted molar refractivity (Wildman–Crippen MR) is 99.0 cm³/mol. The molecule has 0 unspecified atom stereocenters. The van der Waals surface area contributed by atoms with E-state index >= 15 is 0 Å². The highest BCUT2D eigenvalue weighted by Gasteiger charge is 2.16. The molecule has 1 heterocycles. The third kappa shape index (κ3) is 4.12. The number of non-ortho nitro benzene ring substituents is 1. The molecule has 0 saturated heterocycles. The van der Waals surface area contributed by atoms with Crippen molar-refractivity contribution in [2.75, 3.05) is 14.2 Å². The molecule has 0 bridgehead atoms. The van der Waals surface area contributed by atoms with Crippen LogP contribution in [-0.4, -0.2) is 39.7 Å². The van der Waals surface area contributed by atoms with Gasteiger partial charge in [-0.15, -0.1) is 0 Å². The number of ether oxygens (including phenoxy) is 1. The third-order valence-electron chi connectivity index (χ3n) is 4.06. The second kappa shape index (κ2) is 7.69. The highest BCUT2D eigenvalue weighted by molar-refractivity contribution is 5.92. The lowest BCUT2D eigenvalue weighted by atomic mass is 10.2. The smallest absolute Gasteiger partial charge is 0.274 e. The van der Waals surface area contributed by atoms with Crippen molar-refractivity contribution in [3.8, 4) is 11.4 Å². The number of aromatic nitrogens is 2. The second-order valence-electron chi connectivity index (χ2n) is 5.93. The molecule has 1 amide bonds. The zero-order chi connectivity index (χ0) is 19.4. The van der Waals surface area contributed by atoms with E-state index in [1.54, 1.807) is 43.5 Å². The first-order valence-electron chi connectivity index (χ1n) is 8.17. The van der Waals surface area contributed by atoms with E-state index in [1.165, 1.54) is 16.8 Å². The number of benzene rings is 2. The van der Waals surface area contributed by atoms with Gasteiger partial charge in [-0.25, -0.2) is 4.68 Å². The molecule has 2 aromatic carbocycles. The molecule has 0 aliphatic heterocycles. The highest BCUT2D eigenvalue weighted by atomic mass is 16.6. The van der Waals surface area contributed by atoms with Gasteiger partial charge in [0.1, 0.15) is 5.75 Å². The van der Waals surface area contributed by atoms with Gasteiger partial charge in [0.15, 0.2) is 5.69 Å². The number of nitro groups is 1. The first kappa shape index (κ1) is 18.1. The van der Waals surface area contributed by atoms with E-state index in [4.69, 9.17) is 4.74 Å². The Hall–Kier alpha value is -3.68. The van der Waals surface area contributed by atoms with Crippen molar-refractivity contribution in [1.29, 1.82) is 0 Å². The molecule has 0 saturated carbocycles. The maximum absolute atomic E-state index is 12.6. The van der Waals surface area contributed by atoms with E-state index in [1.807, 2.05) is 24.3 Å². The van der Waals surface area contributed by atoms with Crippen molar-refractivity contribution < 1.29 is 14.5 Å². The zero-order valence-corrected chi connectivity index (χ0v) is 14.9. The van der Waals surface area contributed by atoms with Crippen molar-refractivity contribution in [2.24, 2.45) is 0 Å². The largest absolute Gasteiger partial charge is 0.497 e. The minimum atomic E-state index is -0.462. The zero-order valence-electron chi connectivity index (χ0n) is 14.9. The van der Waals surface area contributed by atoms with Gasteiger partial charge < -0.3 is 9.64 Å². The molecule has 27 heavy (non-hydrogen) atoms. The Balaban J connectivity index is 1.70. The number of nitrogens with zero attached hydrogens (tertiary/aromatic N) is 4. The van der Waals surface area contributed by atoms with Gasteiger partial charge in [-0.3, -0.25) is 14.9 Å². The van der Waals surface area contributed by atoms with Crippen LogP contribution in [0.25, 0.3) is 5.69 Å². The lowest BCUT2D eigenvalue weighted by Crippen LogP contribution is -2.26. The second-order valence-corrected chi connectivity index (χ2v) is 5.93. The molecular formula is C19H18N4O4. The maximum Gasteiger partial charge on any atom is 0.274 e. The number of methoxy groups -OCH3 is 1. The Morgan fingerprint density at radius 1 is 1.15 bits per heavy atom. The van der Waals surface area contributed by atoms with Crippen molar-refractivity contribution >= 4 is 11.6 Å². The Labute approximate surface area is 155 Å². The molecule has 8 nitrogen and oxygen atoms in total. The lowest BCUT2D eigenvalue weighted by Gasteiger charge is -2.16. The number of rotatable bonds is 6. The molecular weight excluding hydrogens is 348 g/mol. The summed E-state index contributed by atoms with van der Waals surface area (Å²) >= 11 is 0. The molecule has 0 N–H and O–H groups in total. The average molecular weight is 366 g/mol. The van der Waals surface area contributed by atoms with Crippen LogP contribution in [0.4, 0.5) is 5.69 Å². The molecule has 3 rings (SSSR count). The summed E-state index contributed by atoms with van der Waals surface area (Å²) in [6, 6.07) is 15.1. The number of nitro benzene ring substituents is 1. The minimum absolute atomic E-state index is 0.00132. The van der Waals surface area contributed by atoms with Crippen LogP contribution in [0.2, 0.25) is 0 Å². The first-order chi connectivity index (χ1) is 13.0. The van der Waals surface area contributed by atoms with E-state index in [-0.39, 0.29) is 11.6 Å². The Kier molecular flexibility index (Phi) is 5.16. The number of amides is 1. The number of hydrogen-bond acceptors (Lipinski definition) is 5. The summed E-state index contributed by atoms with van der Waals surface area (Å²) in [5.41, 5.74) is 1.91. The molecule has 3 aromatic rings. The summed E-state index contributed by atoms with van der Waals surface area (Å²) in [6.07, 6.45) is 1.65. The van der Waals surface area contributed by atoms with Crippen molar-refractivity contribution in [1.82, 2.24) is 14.7 Å². The summed E-state index contributed by atoms with van der Waals surface area (Å²) in [5.74, 6) is 0.543. The Morgan fingerprint density at radius 2 is 1.81 bits per heavy atom. The van der Waals surface area contributed by atoms with E-state index in [9.17, 15) is 14.9 Å². The van der Waals surface area contributed by atoms with Gasteiger partial charge in [0, 0.05) is 31.9 Å². The number of hydrogen-bond donors (Lipinski definition) is 0. The van der Waals surface area contributed by atoms with Crippen LogP contribution in [-0.2, 0) is 6.54 Å². The van der Waals surface area contributed by atoms with Gasteiger partial charge in [-0.2, -0.15) is 5.10 Å². The van der Waals surface area contributed by atoms with Crippen LogP contribution in [0.1, 0.15) is 16.1 Å². The SMILES string of the molecule is COc1ccc(CN(C)C(=O)c2ccn(-c3ccc([N+](=O)[O-])cc3)n2)cc1. The molecule has 1 aromatic heterocycles. The van der Waals surface area contributed by atoms with Gasteiger partial charge >= 0.3 is 0 Å². The van der Waals surface area contributed by atoms with Crippen LogP contribution < -0.4 is 4.74 Å². The van der Waals surface area contributed by atoms with Crippen molar-refractivity contribution in [3.63, 3.8) is 0 Å². The summed E-state index contributed by atoms with van der Waals surface area (Å²) in [6.45, 7) is 0.438. The molecule has 0 aliphatic rings. The van der Waals surface area contributed by atoms with Crippen LogP contribution >= 0.6 is 0 Å². The Bertz CT molecular complexity index is 949. The van der Waals surface area contributed by atoms with Gasteiger partial charge in [0.05, 0.1) is 17.7 Å². The standard InChI is InChI=1S/C19H18N4O4/c1-21(13-14-3-9-17(27-2)10-4-14)19(24)18-11-12-22(20-18)15-5-7-16(8-6-15)23(25)26/h3-12H,13H2,1-2H3. The summed E-state index contributed by atoms with van der Waals surface area (Å²) in [7, 11) is 3.31. The number of carbonyl (C=O) groups excluding carboxylic acids is 1. The fraction of sp³-hybridized carbons (Fsp3) is 0.158. The van der Waals surface area contributed by atoms with Gasteiger partial charge in [0.2, 0.25) is 0 Å². The van der Waals surface area contributed by atoms with Crippen LogP contribution in [0.15, 0.2) is 60.8 Å². The van der Waals surface area contributed by atoms with Gasteiger partial charge in [-0.05, 0) is 35.9 Å². The molecule has 0 aliphatic carbocycles. The van der Waals surface area contributed by atoms with Gasteiger partial charge in [0.25, 0.3) is 11.6 Å². The molecule has 138 valence electrons. The van der Waals surface area contributed by atoms with E-state index in [0.29, 0.717) is 17.9 Å². The minimum Gasteiger partial charge on any atom is -0.497 e. The number of carbonyl (C=O) groups is 1. The normalized spacial score (nSPS) is 10.4. The molecule has 0 radical (unpaired) electrons. The van der Waals surface area contributed by atoms with Crippen molar-refractivity contribution in [3.05, 3.63) is 82.2 Å². The van der Waals surface area contributed by atoms with E-state index < -0.39 is 4.92 Å². The summed E-state index contributed by atoms with van der Waals surface area (Å²) in [4.78, 5) is 24.4. The quantitative estimate of drug-likeness (QED) is 0.494. The molecule has 8 heteroatoms. The monoisotopic (exact) mass is 366 g/mol. The van der Waals surface area contributed by atoms with Crippen LogP contribution in [0.3, 0.4) is 0 Å². The molecule has 0 spiro atoms. The molecule has 0 atom stereocenters. The van der Waals surface area contributed by atoms with Crippen molar-refractivity contribution in [2.45, 2.75) is 6.54 Å². The highest BCUT2D eigenvalue weighted by Crippen LogP contribution is 2.16. The fourth-order valence-corrected chi connectivity index (χ4v) is 2.58. The first-order valence-corrected chi connectivity index (χ1v) is 8.17. The van der Waals surface area contributed by atoms with Crippen LogP contribution in [0.5, 0.6) is 5.75 Å². The average Bonchev–Trinajstić information content (AvgIpc) is 3.18. The third-order valence-corrected chi connectivity index (χ3v) is 4.06. The van der Waals surface area contributed by atoms with Crippen LogP contribution in [0, 0.1) is 10.1 Å². The summed E-state index contributed by atoms with van der Waals surface area (Å²) in [5, 5.41) is 15.0. The fourth-order valence-electron chi connectivity index (χ4n) is 2.58. The summed E-state index contributed by atoms with van der Waals surface area (Å²) < 4.78 is 6.64. The maximum atomic E-state index is 12.6. The topological polar surface area (TPSA) is 90.5 Å². The van der Waals surface area contributed by atoms with Gasteiger partial charge in [-0.1, -0.05) is 12.1 Å². The lowest BCUT2D eigenvalue weighted by molar-refractivity contribution is -0.384. The van der Waals surface area contributed by atoms with E-state index in [2.05, 4.69) is 5.10 Å². The molecule has 0 fully saturated rings. The van der Waals surface area contributed by atoms with E-state index in [0.717, 1.165) is 11.3 Å². The Morgan fingerprint density at radius 3 is 2.41 bits per heavy atom.